The molecule has 12 heteroatoms. The second-order valence-electron chi connectivity index (χ2n) is 19.0. The number of aliphatic hydroxyl groups excluding tert-OH is 1. The van der Waals surface area contributed by atoms with Crippen molar-refractivity contribution in [2.24, 2.45) is 11.8 Å². The monoisotopic (exact) mass is 847 g/mol. The molecule has 1 saturated heterocycles. The topological polar surface area (TPSA) is 124 Å². The van der Waals surface area contributed by atoms with Crippen LogP contribution < -0.4 is 14.2 Å². The third-order valence-corrected chi connectivity index (χ3v) is 18.3. The zero-order valence-corrected chi connectivity index (χ0v) is 38.0. The van der Waals surface area contributed by atoms with Gasteiger partial charge in [0.1, 0.15) is 36.0 Å². The number of rotatable bonds is 14. The number of aliphatic hydroxyl groups is 1. The summed E-state index contributed by atoms with van der Waals surface area (Å²) in [5.41, 5.74) is 2.28. The second kappa shape index (κ2) is 16.8. The van der Waals surface area contributed by atoms with E-state index >= 15 is 9.59 Å². The standard InChI is InChI=1S/C49H61N3O8Si/c1-48(2,3)61(7,8)60-49-36(41(51(4)5)44-40(46(49)55)47(50-59-44)58-30-32-20-13-10-14-21-32)27-34-26-35-37(56-6)28-33(22-17-25-52-23-15-16-24-52)43(39(35)42(53)38(34)45(49)54)57-29-31-18-11-9-12-19-31/h9-14,18-21,28,34,36,41,54H,15-17,22-27,29-30H2,1-8H3/t34-,36-,41-,49?/m0/s1. The predicted octanol–water partition coefficient (Wildman–Crippen LogP) is 9.32. The number of fused-ring (bicyclic) bond motifs is 4. The predicted molar refractivity (Wildman–Crippen MR) is 236 cm³/mol. The van der Waals surface area contributed by atoms with Crippen LogP contribution in [0.3, 0.4) is 0 Å². The van der Waals surface area contributed by atoms with E-state index in [1.165, 1.54) is 12.8 Å². The third kappa shape index (κ3) is 7.74. The molecule has 61 heavy (non-hydrogen) atoms. The molecule has 8 rings (SSSR count). The quantitative estimate of drug-likeness (QED) is 0.122. The molecular formula is C49H61N3O8Si. The maximum atomic E-state index is 15.7. The molecule has 1 aromatic heterocycles. The molecule has 0 bridgehead atoms. The molecule has 0 spiro atoms. The minimum atomic E-state index is -2.89. The Balaban J connectivity index is 1.29. The lowest BCUT2D eigenvalue weighted by molar-refractivity contribution is -0.0480. The van der Waals surface area contributed by atoms with Gasteiger partial charge in [0.15, 0.2) is 25.5 Å². The average molecular weight is 848 g/mol. The van der Waals surface area contributed by atoms with E-state index in [0.717, 1.165) is 48.3 Å². The molecule has 0 radical (unpaired) electrons. The number of methoxy groups -OCH3 is 1. The number of hydrogen-bond acceptors (Lipinski definition) is 11. The number of carbonyl (C=O) groups excluding carboxylic acids is 2. The molecule has 324 valence electrons. The highest BCUT2D eigenvalue weighted by Crippen LogP contribution is 2.60. The van der Waals surface area contributed by atoms with Gasteiger partial charge in [0.25, 0.3) is 5.88 Å². The van der Waals surface area contributed by atoms with Crippen molar-refractivity contribution in [3.8, 4) is 17.4 Å². The summed E-state index contributed by atoms with van der Waals surface area (Å²) in [6.07, 6.45) is 4.75. The van der Waals surface area contributed by atoms with E-state index < -0.39 is 37.6 Å². The van der Waals surface area contributed by atoms with Gasteiger partial charge in [0, 0.05) is 17.1 Å². The molecule has 1 N–H and O–H groups in total. The Labute approximate surface area is 361 Å². The molecule has 11 nitrogen and oxygen atoms in total. The van der Waals surface area contributed by atoms with Gasteiger partial charge in [-0.1, -0.05) is 81.4 Å². The fourth-order valence-electron chi connectivity index (χ4n) is 9.79. The van der Waals surface area contributed by atoms with E-state index in [-0.39, 0.29) is 46.8 Å². The highest BCUT2D eigenvalue weighted by molar-refractivity contribution is 6.74. The summed E-state index contributed by atoms with van der Waals surface area (Å²) in [5.74, 6) is -0.766. The normalized spacial score (nSPS) is 22.8. The Hall–Kier alpha value is -4.75. The van der Waals surface area contributed by atoms with Gasteiger partial charge in [-0.2, -0.15) is 0 Å². The number of Topliss-reactive ketones (excluding diaryl/α,β-unsaturated/α-hetero) is 2. The number of benzene rings is 3. The molecule has 4 aliphatic rings. The van der Waals surface area contributed by atoms with E-state index in [1.54, 1.807) is 7.11 Å². The first kappa shape index (κ1) is 42.9. The van der Waals surface area contributed by atoms with Crippen molar-refractivity contribution >= 4 is 19.9 Å². The molecule has 4 atom stereocenters. The third-order valence-electron chi connectivity index (χ3n) is 13.9. The summed E-state index contributed by atoms with van der Waals surface area (Å²) in [6.45, 7) is 14.0. The number of likely N-dealkylation sites (tertiary alicyclic amines) is 1. The summed E-state index contributed by atoms with van der Waals surface area (Å²) < 4.78 is 32.6. The van der Waals surface area contributed by atoms with Gasteiger partial charge in [0.05, 0.1) is 18.7 Å². The van der Waals surface area contributed by atoms with Crippen LogP contribution in [0.15, 0.2) is 82.6 Å². The molecule has 0 saturated carbocycles. The number of allylic oxidation sites excluding steroid dienone is 1. The Kier molecular flexibility index (Phi) is 11.9. The van der Waals surface area contributed by atoms with Gasteiger partial charge in [-0.05, 0) is 124 Å². The van der Waals surface area contributed by atoms with E-state index in [1.807, 2.05) is 85.7 Å². The van der Waals surface area contributed by atoms with Crippen LogP contribution in [-0.2, 0) is 30.5 Å². The Morgan fingerprint density at radius 1 is 0.951 bits per heavy atom. The van der Waals surface area contributed by atoms with Crippen LogP contribution in [0.1, 0.15) is 101 Å². The number of hydrogen-bond donors (Lipinski definition) is 1. The minimum Gasteiger partial charge on any atom is -0.508 e. The molecular weight excluding hydrogens is 787 g/mol. The average Bonchev–Trinajstić information content (AvgIpc) is 3.91. The maximum absolute atomic E-state index is 15.7. The number of ether oxygens (including phenoxy) is 3. The zero-order chi connectivity index (χ0) is 43.3. The Morgan fingerprint density at radius 2 is 1.59 bits per heavy atom. The summed E-state index contributed by atoms with van der Waals surface area (Å²) in [5, 5.41) is 17.2. The molecule has 1 unspecified atom stereocenters. The minimum absolute atomic E-state index is 0.0347. The summed E-state index contributed by atoms with van der Waals surface area (Å²) in [4.78, 5) is 35.8. The van der Waals surface area contributed by atoms with Gasteiger partial charge in [-0.25, -0.2) is 0 Å². The fourth-order valence-corrected chi connectivity index (χ4v) is 11.2. The first-order valence-electron chi connectivity index (χ1n) is 21.8. The van der Waals surface area contributed by atoms with Crippen molar-refractivity contribution < 1.29 is 37.9 Å². The highest BCUT2D eigenvalue weighted by atomic mass is 28.4. The summed E-state index contributed by atoms with van der Waals surface area (Å²) in [7, 11) is 2.60. The van der Waals surface area contributed by atoms with E-state index in [0.29, 0.717) is 42.1 Å². The highest BCUT2D eigenvalue weighted by Gasteiger charge is 2.67. The van der Waals surface area contributed by atoms with E-state index in [4.69, 9.17) is 23.2 Å². The summed E-state index contributed by atoms with van der Waals surface area (Å²) >= 11 is 0. The van der Waals surface area contributed by atoms with Crippen LogP contribution in [0.5, 0.6) is 17.4 Å². The van der Waals surface area contributed by atoms with Crippen molar-refractivity contribution in [2.45, 2.75) is 102 Å². The van der Waals surface area contributed by atoms with Crippen molar-refractivity contribution in [1.29, 1.82) is 0 Å². The van der Waals surface area contributed by atoms with E-state index in [2.05, 4.69) is 43.9 Å². The lowest BCUT2D eigenvalue weighted by Gasteiger charge is -2.55. The van der Waals surface area contributed by atoms with Crippen LogP contribution in [-0.4, -0.2) is 86.4 Å². The van der Waals surface area contributed by atoms with Crippen LogP contribution in [0, 0.1) is 11.8 Å². The molecule has 1 aliphatic heterocycles. The van der Waals surface area contributed by atoms with Gasteiger partial charge in [-0.3, -0.25) is 14.5 Å². The second-order valence-corrected chi connectivity index (χ2v) is 23.7. The molecule has 1 fully saturated rings. The molecule has 3 aromatic carbocycles. The Bertz CT molecular complexity index is 2290. The van der Waals surface area contributed by atoms with Crippen LogP contribution in [0.4, 0.5) is 0 Å². The lowest BCUT2D eigenvalue weighted by atomic mass is 9.58. The smallest absolute Gasteiger partial charge is 0.265 e. The van der Waals surface area contributed by atoms with Crippen LogP contribution in [0.2, 0.25) is 18.1 Å². The SMILES string of the molecule is COc1cc(CCCN2CCCC2)c(OCc2ccccc2)c2c1C[C@H]1C[C@H]3[C@H](N(C)C)c4onc(OCc5ccccc5)c4C(=O)C3(O[Si](C)(C)C(C)(C)C)C(O)=C1C2=O. The largest absolute Gasteiger partial charge is 0.508 e. The lowest BCUT2D eigenvalue weighted by Crippen LogP contribution is -2.65. The molecule has 4 aromatic rings. The van der Waals surface area contributed by atoms with Crippen molar-refractivity contribution in [2.75, 3.05) is 40.8 Å². The van der Waals surface area contributed by atoms with Gasteiger partial charge >= 0.3 is 0 Å². The van der Waals surface area contributed by atoms with Crippen molar-refractivity contribution in [3.63, 3.8) is 0 Å². The zero-order valence-electron chi connectivity index (χ0n) is 37.0. The van der Waals surface area contributed by atoms with Crippen molar-refractivity contribution in [3.05, 3.63) is 117 Å². The molecule has 3 aliphatic carbocycles. The Morgan fingerprint density at radius 3 is 2.20 bits per heavy atom. The summed E-state index contributed by atoms with van der Waals surface area (Å²) in [6, 6.07) is 21.1. The van der Waals surface area contributed by atoms with E-state index in [9.17, 15) is 5.11 Å². The van der Waals surface area contributed by atoms with Crippen LogP contribution >= 0.6 is 0 Å². The first-order chi connectivity index (χ1) is 29.2. The van der Waals surface area contributed by atoms with Crippen molar-refractivity contribution in [1.82, 2.24) is 15.0 Å². The number of aromatic nitrogens is 1. The van der Waals surface area contributed by atoms with Gasteiger partial charge < -0.3 is 33.2 Å². The van der Waals surface area contributed by atoms with Crippen LogP contribution in [0.25, 0.3) is 0 Å². The number of carbonyl (C=O) groups is 2. The first-order valence-corrected chi connectivity index (χ1v) is 24.7. The van der Waals surface area contributed by atoms with Gasteiger partial charge in [-0.15, -0.1) is 0 Å². The number of nitrogens with zero attached hydrogens (tertiary/aromatic N) is 3. The maximum Gasteiger partial charge on any atom is 0.265 e. The number of ketones is 2. The van der Waals surface area contributed by atoms with Gasteiger partial charge in [0.2, 0.25) is 5.78 Å². The fraction of sp³-hybridized carbons (Fsp3) is 0.490. The molecule has 2 heterocycles. The number of aryl methyl sites for hydroxylation is 1. The molecule has 0 amide bonds.